The molecule has 1 aliphatic heterocycles. The molecule has 2 aromatic carbocycles. The van der Waals surface area contributed by atoms with Crippen LogP contribution in [0.5, 0.6) is 0 Å². The number of halogens is 3. The highest BCUT2D eigenvalue weighted by molar-refractivity contribution is 9.10. The second-order valence-electron chi connectivity index (χ2n) is 6.25. The number of carbonyl (C=O) groups excluding carboxylic acids is 1. The maximum atomic E-state index is 13.4. The van der Waals surface area contributed by atoms with Gasteiger partial charge in [0.2, 0.25) is 0 Å². The summed E-state index contributed by atoms with van der Waals surface area (Å²) < 4.78 is 27.4. The van der Waals surface area contributed by atoms with Crippen molar-refractivity contribution in [1.82, 2.24) is 9.88 Å². The number of carbonyl (C=O) groups is 1. The zero-order valence-electron chi connectivity index (χ0n) is 13.7. The van der Waals surface area contributed by atoms with Gasteiger partial charge in [-0.25, -0.2) is 8.78 Å². The smallest absolute Gasteiger partial charge is 0.254 e. The summed E-state index contributed by atoms with van der Waals surface area (Å²) in [6.07, 6.45) is 4.70. The fraction of sp³-hybridized carbons (Fsp3) is 0.150. The van der Waals surface area contributed by atoms with E-state index in [0.717, 1.165) is 33.1 Å². The number of nitrogens with zero attached hydrogens (tertiary/aromatic N) is 1. The van der Waals surface area contributed by atoms with Gasteiger partial charge in [-0.05, 0) is 48.4 Å². The van der Waals surface area contributed by atoms with Crippen LogP contribution in [0.2, 0.25) is 0 Å². The summed E-state index contributed by atoms with van der Waals surface area (Å²) in [6.45, 7) is 0.970. The van der Waals surface area contributed by atoms with E-state index in [1.54, 1.807) is 4.90 Å². The molecule has 1 aliphatic rings. The molecule has 0 unspecified atom stereocenters. The lowest BCUT2D eigenvalue weighted by atomic mass is 9.98. The Labute approximate surface area is 157 Å². The molecule has 3 nitrogen and oxygen atoms in total. The number of fused-ring (bicyclic) bond motifs is 1. The van der Waals surface area contributed by atoms with Crippen molar-refractivity contribution in [2.45, 2.75) is 6.42 Å². The van der Waals surface area contributed by atoms with Crippen LogP contribution in [0.15, 0.2) is 53.1 Å². The first-order valence-corrected chi connectivity index (χ1v) is 9.02. The van der Waals surface area contributed by atoms with E-state index in [0.29, 0.717) is 19.5 Å². The van der Waals surface area contributed by atoms with Crippen LogP contribution in [0.25, 0.3) is 16.5 Å². The summed E-state index contributed by atoms with van der Waals surface area (Å²) >= 11 is 3.50. The van der Waals surface area contributed by atoms with Gasteiger partial charge in [0.15, 0.2) is 11.6 Å². The van der Waals surface area contributed by atoms with Gasteiger partial charge in [0.1, 0.15) is 0 Å². The lowest BCUT2D eigenvalue weighted by Crippen LogP contribution is -2.34. The molecule has 0 spiro atoms. The number of rotatable bonds is 2. The molecule has 3 aromatic rings. The Morgan fingerprint density at radius 2 is 1.96 bits per heavy atom. The highest BCUT2D eigenvalue weighted by atomic mass is 79.9. The summed E-state index contributed by atoms with van der Waals surface area (Å²) in [4.78, 5) is 17.4. The summed E-state index contributed by atoms with van der Waals surface area (Å²) in [5, 5.41) is 1.13. The maximum absolute atomic E-state index is 13.4. The maximum Gasteiger partial charge on any atom is 0.254 e. The Morgan fingerprint density at radius 3 is 2.69 bits per heavy atom. The van der Waals surface area contributed by atoms with Gasteiger partial charge >= 0.3 is 0 Å². The van der Waals surface area contributed by atoms with Crippen molar-refractivity contribution in [3.8, 4) is 0 Å². The van der Waals surface area contributed by atoms with E-state index in [1.807, 2.05) is 24.4 Å². The SMILES string of the molecule is O=C(c1ccc(F)c(F)c1)N1CC=C(c2c[nH]c3ccc(Br)cc23)CC1. The summed E-state index contributed by atoms with van der Waals surface area (Å²) in [5.41, 5.74) is 3.52. The first-order chi connectivity index (χ1) is 12.5. The fourth-order valence-electron chi connectivity index (χ4n) is 3.27. The van der Waals surface area contributed by atoms with E-state index >= 15 is 0 Å². The third kappa shape index (κ3) is 3.05. The van der Waals surface area contributed by atoms with Crippen molar-refractivity contribution in [2.24, 2.45) is 0 Å². The second-order valence-corrected chi connectivity index (χ2v) is 7.17. The normalized spacial score (nSPS) is 14.6. The average Bonchev–Trinajstić information content (AvgIpc) is 3.06. The molecule has 2 heterocycles. The van der Waals surface area contributed by atoms with Gasteiger partial charge in [-0.2, -0.15) is 0 Å². The van der Waals surface area contributed by atoms with Crippen LogP contribution >= 0.6 is 15.9 Å². The molecule has 0 fully saturated rings. The van der Waals surface area contributed by atoms with Gasteiger partial charge in [-0.15, -0.1) is 0 Å². The topological polar surface area (TPSA) is 36.1 Å². The number of aromatic amines is 1. The summed E-state index contributed by atoms with van der Waals surface area (Å²) in [6, 6.07) is 9.33. The Kier molecular flexibility index (Phi) is 4.36. The number of hydrogen-bond donors (Lipinski definition) is 1. The first kappa shape index (κ1) is 17.0. The highest BCUT2D eigenvalue weighted by Crippen LogP contribution is 2.31. The van der Waals surface area contributed by atoms with Gasteiger partial charge < -0.3 is 9.88 Å². The number of nitrogens with one attached hydrogen (secondary N) is 1. The fourth-order valence-corrected chi connectivity index (χ4v) is 3.63. The van der Waals surface area contributed by atoms with Crippen molar-refractivity contribution in [3.05, 3.63) is 75.9 Å². The van der Waals surface area contributed by atoms with Gasteiger partial charge in [0.05, 0.1) is 0 Å². The number of amides is 1. The average molecular weight is 417 g/mol. The quantitative estimate of drug-likeness (QED) is 0.616. The third-order valence-corrected chi connectivity index (χ3v) is 5.15. The molecule has 0 aliphatic carbocycles. The zero-order chi connectivity index (χ0) is 18.3. The number of hydrogen-bond acceptors (Lipinski definition) is 1. The predicted molar refractivity (Wildman–Crippen MR) is 101 cm³/mol. The molecule has 1 amide bonds. The molecular weight excluding hydrogens is 402 g/mol. The molecule has 0 atom stereocenters. The number of H-pyrrole nitrogens is 1. The van der Waals surface area contributed by atoms with Crippen LogP contribution < -0.4 is 0 Å². The Balaban J connectivity index is 1.56. The van der Waals surface area contributed by atoms with E-state index in [2.05, 4.69) is 27.0 Å². The molecule has 132 valence electrons. The minimum Gasteiger partial charge on any atom is -0.361 e. The van der Waals surface area contributed by atoms with Gasteiger partial charge in [-0.3, -0.25) is 4.79 Å². The zero-order valence-corrected chi connectivity index (χ0v) is 15.3. The van der Waals surface area contributed by atoms with Crippen molar-refractivity contribution in [1.29, 1.82) is 0 Å². The molecule has 1 N–H and O–H groups in total. The minimum absolute atomic E-state index is 0.164. The third-order valence-electron chi connectivity index (χ3n) is 4.65. The predicted octanol–water partition coefficient (Wildman–Crippen LogP) is 5.14. The van der Waals surface area contributed by atoms with Gasteiger partial charge in [-0.1, -0.05) is 22.0 Å². The molecule has 4 rings (SSSR count). The molecule has 6 heteroatoms. The standard InChI is InChI=1S/C20H15BrF2N2O/c21-14-2-4-19-15(10-14)16(11-24-19)12-5-7-25(8-6-12)20(26)13-1-3-17(22)18(23)9-13/h1-5,9-11,24H,6-8H2. The van der Waals surface area contributed by atoms with Crippen molar-refractivity contribution in [2.75, 3.05) is 13.1 Å². The van der Waals surface area contributed by atoms with Crippen LogP contribution in [-0.2, 0) is 0 Å². The van der Waals surface area contributed by atoms with E-state index in [1.165, 1.54) is 11.6 Å². The number of benzene rings is 2. The second kappa shape index (κ2) is 6.68. The molecular formula is C20H15BrF2N2O. The van der Waals surface area contributed by atoms with Crippen LogP contribution in [0.3, 0.4) is 0 Å². The monoisotopic (exact) mass is 416 g/mol. The molecule has 0 radical (unpaired) electrons. The molecule has 0 bridgehead atoms. The van der Waals surface area contributed by atoms with E-state index in [-0.39, 0.29) is 11.5 Å². The lowest BCUT2D eigenvalue weighted by molar-refractivity contribution is 0.0772. The first-order valence-electron chi connectivity index (χ1n) is 8.23. The summed E-state index contributed by atoms with van der Waals surface area (Å²) in [7, 11) is 0. The minimum atomic E-state index is -1.01. The molecule has 0 saturated heterocycles. The largest absolute Gasteiger partial charge is 0.361 e. The van der Waals surface area contributed by atoms with E-state index in [9.17, 15) is 13.6 Å². The van der Waals surface area contributed by atoms with Gasteiger partial charge in [0.25, 0.3) is 5.91 Å². The van der Waals surface area contributed by atoms with Crippen molar-refractivity contribution < 1.29 is 13.6 Å². The van der Waals surface area contributed by atoms with Gasteiger partial charge in [0, 0.05) is 45.8 Å². The van der Waals surface area contributed by atoms with Crippen LogP contribution in [0, 0.1) is 11.6 Å². The van der Waals surface area contributed by atoms with E-state index in [4.69, 9.17) is 0 Å². The van der Waals surface area contributed by atoms with Crippen LogP contribution in [0.1, 0.15) is 22.3 Å². The van der Waals surface area contributed by atoms with E-state index < -0.39 is 11.6 Å². The Bertz CT molecular complexity index is 1040. The van der Waals surface area contributed by atoms with Crippen LogP contribution in [0.4, 0.5) is 8.78 Å². The summed E-state index contributed by atoms with van der Waals surface area (Å²) in [5.74, 6) is -2.25. The molecule has 0 saturated carbocycles. The Morgan fingerprint density at radius 1 is 1.12 bits per heavy atom. The lowest BCUT2D eigenvalue weighted by Gasteiger charge is -2.26. The highest BCUT2D eigenvalue weighted by Gasteiger charge is 2.21. The molecule has 26 heavy (non-hydrogen) atoms. The van der Waals surface area contributed by atoms with Crippen molar-refractivity contribution in [3.63, 3.8) is 0 Å². The molecule has 1 aromatic heterocycles. The Hall–Kier alpha value is -2.47. The van der Waals surface area contributed by atoms with Crippen molar-refractivity contribution >= 4 is 38.3 Å². The number of aromatic nitrogens is 1. The van der Waals surface area contributed by atoms with Crippen LogP contribution in [-0.4, -0.2) is 28.9 Å².